The molecule has 1 aliphatic carbocycles. The number of rotatable bonds is 5. The second-order valence-corrected chi connectivity index (χ2v) is 10.2. The zero-order valence-electron chi connectivity index (χ0n) is 20.2. The molecular formula is C27H30N6O3. The first-order valence-corrected chi connectivity index (χ1v) is 12.7. The summed E-state index contributed by atoms with van der Waals surface area (Å²) in [6.07, 6.45) is 6.85. The Labute approximate surface area is 209 Å². The van der Waals surface area contributed by atoms with Gasteiger partial charge in [-0.3, -0.25) is 14.2 Å². The summed E-state index contributed by atoms with van der Waals surface area (Å²) in [7, 11) is 0. The molecule has 1 saturated heterocycles. The van der Waals surface area contributed by atoms with E-state index in [1.807, 2.05) is 35.2 Å². The number of aliphatic hydroxyl groups is 1. The van der Waals surface area contributed by atoms with Crippen molar-refractivity contribution in [1.82, 2.24) is 24.4 Å². The normalized spacial score (nSPS) is 22.4. The van der Waals surface area contributed by atoms with E-state index in [2.05, 4.69) is 14.9 Å². The zero-order valence-corrected chi connectivity index (χ0v) is 20.2. The predicted molar refractivity (Wildman–Crippen MR) is 134 cm³/mol. The Balaban J connectivity index is 1.40. The molecule has 1 saturated carbocycles. The number of nitrogens with zero attached hydrogens (tertiary/aromatic N) is 6. The standard InChI is InChI=1S/C27H30N6O3/c34-23(19-5-2-1-3-6-19)16-33-26-30-22(21-9-12-28-18-29-21)15-24(35)32(26)14-11-27(33)10-13-31(17-27)25(36)20-7-4-8-20/h1-3,5-6,9,12,15,18,20,23,34H,4,7-8,10-11,13-14,16-17H2/t23-,27?/m1/s1. The highest BCUT2D eigenvalue weighted by atomic mass is 16.3. The Morgan fingerprint density at radius 2 is 1.92 bits per heavy atom. The Hall–Kier alpha value is -3.59. The number of fused-ring (bicyclic) bond motifs is 1. The number of hydrogen-bond acceptors (Lipinski definition) is 7. The summed E-state index contributed by atoms with van der Waals surface area (Å²) in [6, 6.07) is 12.8. The molecule has 186 valence electrons. The number of aromatic nitrogens is 4. The Morgan fingerprint density at radius 1 is 1.11 bits per heavy atom. The molecule has 2 aliphatic heterocycles. The molecule has 0 bridgehead atoms. The molecule has 3 aliphatic rings. The van der Waals surface area contributed by atoms with E-state index in [1.54, 1.807) is 16.8 Å². The number of likely N-dealkylation sites (tertiary alicyclic amines) is 1. The van der Waals surface area contributed by atoms with E-state index in [0.717, 1.165) is 31.2 Å². The Morgan fingerprint density at radius 3 is 2.64 bits per heavy atom. The monoisotopic (exact) mass is 486 g/mol. The highest BCUT2D eigenvalue weighted by Gasteiger charge is 2.49. The van der Waals surface area contributed by atoms with Gasteiger partial charge in [0.15, 0.2) is 0 Å². The number of aliphatic hydroxyl groups excluding tert-OH is 1. The summed E-state index contributed by atoms with van der Waals surface area (Å²) in [5.74, 6) is 0.909. The lowest BCUT2D eigenvalue weighted by molar-refractivity contribution is -0.137. The molecule has 9 heteroatoms. The van der Waals surface area contributed by atoms with Crippen LogP contribution in [-0.2, 0) is 11.3 Å². The number of carbonyl (C=O) groups is 1. The van der Waals surface area contributed by atoms with Crippen molar-refractivity contribution in [1.29, 1.82) is 0 Å². The van der Waals surface area contributed by atoms with Gasteiger partial charge in [-0.05, 0) is 37.3 Å². The largest absolute Gasteiger partial charge is 0.387 e. The van der Waals surface area contributed by atoms with Crippen molar-refractivity contribution in [2.45, 2.75) is 50.3 Å². The van der Waals surface area contributed by atoms with E-state index < -0.39 is 6.10 Å². The highest BCUT2D eigenvalue weighted by molar-refractivity contribution is 5.80. The van der Waals surface area contributed by atoms with E-state index in [0.29, 0.717) is 43.4 Å². The minimum Gasteiger partial charge on any atom is -0.387 e. The Bertz CT molecular complexity index is 1310. The maximum Gasteiger partial charge on any atom is 0.255 e. The van der Waals surface area contributed by atoms with E-state index in [4.69, 9.17) is 4.98 Å². The molecule has 1 unspecified atom stereocenters. The molecule has 2 fully saturated rings. The first kappa shape index (κ1) is 22.8. The van der Waals surface area contributed by atoms with Crippen molar-refractivity contribution in [3.8, 4) is 11.4 Å². The van der Waals surface area contributed by atoms with Crippen LogP contribution in [0.25, 0.3) is 11.4 Å². The summed E-state index contributed by atoms with van der Waals surface area (Å²) in [5.41, 5.74) is 1.31. The lowest BCUT2D eigenvalue weighted by Crippen LogP contribution is -2.58. The van der Waals surface area contributed by atoms with Gasteiger partial charge in [-0.1, -0.05) is 36.8 Å². The first-order chi connectivity index (χ1) is 17.5. The SMILES string of the molecule is O=C(C1CCC1)N1CCC2(CCn3c(nc(-c4ccncn4)cc3=O)N2C[C@@H](O)c2ccccc2)C1. The number of β-amino-alcohol motifs (C(OH)–C–C–N with tert-alkyl or cyclic N) is 1. The second kappa shape index (κ2) is 9.13. The van der Waals surface area contributed by atoms with E-state index in [9.17, 15) is 14.7 Å². The van der Waals surface area contributed by atoms with Gasteiger partial charge in [0.1, 0.15) is 6.33 Å². The lowest BCUT2D eigenvalue weighted by atomic mass is 9.84. The van der Waals surface area contributed by atoms with Crippen molar-refractivity contribution in [3.05, 3.63) is 70.9 Å². The summed E-state index contributed by atoms with van der Waals surface area (Å²) in [4.78, 5) is 43.6. The van der Waals surface area contributed by atoms with Crippen LogP contribution in [0.3, 0.4) is 0 Å². The molecule has 2 aromatic heterocycles. The number of amides is 1. The van der Waals surface area contributed by atoms with Gasteiger partial charge in [0.05, 0.1) is 29.6 Å². The topological polar surface area (TPSA) is 104 Å². The summed E-state index contributed by atoms with van der Waals surface area (Å²) in [6.45, 7) is 2.06. The predicted octanol–water partition coefficient (Wildman–Crippen LogP) is 2.42. The molecule has 2 atom stereocenters. The Kier molecular flexibility index (Phi) is 5.79. The fourth-order valence-electron chi connectivity index (χ4n) is 5.76. The van der Waals surface area contributed by atoms with Crippen LogP contribution in [0.2, 0.25) is 0 Å². The number of anilines is 1. The van der Waals surface area contributed by atoms with Crippen LogP contribution in [0.4, 0.5) is 5.95 Å². The van der Waals surface area contributed by atoms with Gasteiger partial charge < -0.3 is 14.9 Å². The van der Waals surface area contributed by atoms with Crippen LogP contribution in [0.15, 0.2) is 59.8 Å². The molecule has 4 heterocycles. The molecule has 3 aromatic rings. The summed E-state index contributed by atoms with van der Waals surface area (Å²) in [5, 5.41) is 11.3. The van der Waals surface area contributed by atoms with Crippen LogP contribution in [0.5, 0.6) is 0 Å². The lowest BCUT2D eigenvalue weighted by Gasteiger charge is -2.47. The van der Waals surface area contributed by atoms with Gasteiger partial charge in [-0.15, -0.1) is 0 Å². The van der Waals surface area contributed by atoms with Crippen molar-refractivity contribution in [3.63, 3.8) is 0 Å². The molecule has 1 N–H and O–H groups in total. The maximum absolute atomic E-state index is 13.2. The highest BCUT2D eigenvalue weighted by Crippen LogP contribution is 2.41. The van der Waals surface area contributed by atoms with Gasteiger partial charge in [0.25, 0.3) is 5.56 Å². The maximum atomic E-state index is 13.2. The molecule has 36 heavy (non-hydrogen) atoms. The molecule has 1 spiro atoms. The molecule has 1 aromatic carbocycles. The second-order valence-electron chi connectivity index (χ2n) is 10.2. The van der Waals surface area contributed by atoms with Gasteiger partial charge in [-0.2, -0.15) is 0 Å². The van der Waals surface area contributed by atoms with Crippen LogP contribution >= 0.6 is 0 Å². The van der Waals surface area contributed by atoms with Gasteiger partial charge in [-0.25, -0.2) is 15.0 Å². The molecule has 9 nitrogen and oxygen atoms in total. The molecule has 6 rings (SSSR count). The third-order valence-electron chi connectivity index (χ3n) is 8.09. The van der Waals surface area contributed by atoms with Gasteiger partial charge >= 0.3 is 0 Å². The molecular weight excluding hydrogens is 456 g/mol. The average molecular weight is 487 g/mol. The van der Waals surface area contributed by atoms with Crippen LogP contribution in [0, 0.1) is 5.92 Å². The smallest absolute Gasteiger partial charge is 0.255 e. The van der Waals surface area contributed by atoms with Crippen molar-refractivity contribution in [2.75, 3.05) is 24.5 Å². The van der Waals surface area contributed by atoms with E-state index in [-0.39, 0.29) is 29.5 Å². The molecule has 0 radical (unpaired) electrons. The van der Waals surface area contributed by atoms with Crippen LogP contribution < -0.4 is 10.5 Å². The zero-order chi connectivity index (χ0) is 24.7. The number of hydrogen-bond donors (Lipinski definition) is 1. The van der Waals surface area contributed by atoms with E-state index >= 15 is 0 Å². The summed E-state index contributed by atoms with van der Waals surface area (Å²) >= 11 is 0. The van der Waals surface area contributed by atoms with Crippen molar-refractivity contribution >= 4 is 11.9 Å². The third-order valence-corrected chi connectivity index (χ3v) is 8.09. The van der Waals surface area contributed by atoms with Gasteiger partial charge in [0, 0.05) is 37.8 Å². The average Bonchev–Trinajstić information content (AvgIpc) is 3.30. The molecule has 1 amide bonds. The van der Waals surface area contributed by atoms with Crippen molar-refractivity contribution < 1.29 is 9.90 Å². The fraction of sp³-hybridized carbons (Fsp3) is 0.444. The van der Waals surface area contributed by atoms with Gasteiger partial charge in [0.2, 0.25) is 11.9 Å². The summed E-state index contributed by atoms with van der Waals surface area (Å²) < 4.78 is 1.68. The number of benzene rings is 1. The third kappa shape index (κ3) is 3.97. The van der Waals surface area contributed by atoms with E-state index in [1.165, 1.54) is 12.4 Å². The minimum atomic E-state index is -0.773. The fourth-order valence-corrected chi connectivity index (χ4v) is 5.76. The van der Waals surface area contributed by atoms with Crippen LogP contribution in [-0.4, -0.2) is 60.6 Å². The number of carbonyl (C=O) groups excluding carboxylic acids is 1. The van der Waals surface area contributed by atoms with Crippen LogP contribution in [0.1, 0.15) is 43.8 Å². The minimum absolute atomic E-state index is 0.143. The first-order valence-electron chi connectivity index (χ1n) is 12.7. The quantitative estimate of drug-likeness (QED) is 0.591. The van der Waals surface area contributed by atoms with Crippen molar-refractivity contribution in [2.24, 2.45) is 5.92 Å².